The number of aromatic nitrogens is 2. The van der Waals surface area contributed by atoms with Gasteiger partial charge in [-0.25, -0.2) is 4.79 Å². The summed E-state index contributed by atoms with van der Waals surface area (Å²) in [4.78, 5) is 18.4. The fraction of sp³-hybridized carbons (Fsp3) is 0.706. The van der Waals surface area contributed by atoms with Crippen molar-refractivity contribution < 1.29 is 9.53 Å². The highest BCUT2D eigenvalue weighted by atomic mass is 127. The van der Waals surface area contributed by atoms with Crippen molar-refractivity contribution in [1.82, 2.24) is 25.3 Å². The molecule has 2 N–H and O–H groups in total. The van der Waals surface area contributed by atoms with E-state index in [0.717, 1.165) is 38.4 Å². The lowest BCUT2D eigenvalue weighted by molar-refractivity contribution is 0.0507. The minimum atomic E-state index is -0.480. The number of carbonyl (C=O) groups is 1. The van der Waals surface area contributed by atoms with Gasteiger partial charge in [-0.2, -0.15) is 5.10 Å². The van der Waals surface area contributed by atoms with Crippen LogP contribution in [0.4, 0.5) is 4.79 Å². The number of halogens is 1. The molecule has 2 rings (SSSR count). The first kappa shape index (κ1) is 22.5. The number of guanidine groups is 1. The van der Waals surface area contributed by atoms with E-state index >= 15 is 0 Å². The fourth-order valence-corrected chi connectivity index (χ4v) is 2.80. The van der Waals surface area contributed by atoms with Gasteiger partial charge in [0, 0.05) is 39.9 Å². The van der Waals surface area contributed by atoms with Crippen LogP contribution in [0.25, 0.3) is 0 Å². The van der Waals surface area contributed by atoms with E-state index in [-0.39, 0.29) is 36.1 Å². The van der Waals surface area contributed by atoms with Gasteiger partial charge < -0.3 is 20.3 Å². The van der Waals surface area contributed by atoms with Gasteiger partial charge in [0.25, 0.3) is 0 Å². The van der Waals surface area contributed by atoms with Crippen LogP contribution >= 0.6 is 24.0 Å². The van der Waals surface area contributed by atoms with Gasteiger partial charge in [0.1, 0.15) is 5.60 Å². The topological polar surface area (TPSA) is 83.8 Å². The molecule has 2 heterocycles. The van der Waals surface area contributed by atoms with Gasteiger partial charge >= 0.3 is 6.09 Å². The number of nitrogens with one attached hydrogen (secondary N) is 2. The number of hydrogen-bond donors (Lipinski definition) is 2. The molecule has 1 amide bonds. The highest BCUT2D eigenvalue weighted by Gasteiger charge is 2.27. The van der Waals surface area contributed by atoms with E-state index in [2.05, 4.69) is 25.6 Å². The normalized spacial score (nSPS) is 17.7. The average molecular weight is 478 g/mol. The van der Waals surface area contributed by atoms with E-state index in [1.807, 2.05) is 40.2 Å². The van der Waals surface area contributed by atoms with Gasteiger partial charge in [0.15, 0.2) is 5.96 Å². The number of amides is 1. The zero-order valence-electron chi connectivity index (χ0n) is 16.3. The first-order valence-electron chi connectivity index (χ1n) is 8.69. The van der Waals surface area contributed by atoms with Gasteiger partial charge in [0.05, 0.1) is 12.2 Å². The Labute approximate surface area is 172 Å². The van der Waals surface area contributed by atoms with Crippen molar-refractivity contribution in [2.75, 3.05) is 26.7 Å². The van der Waals surface area contributed by atoms with E-state index in [4.69, 9.17) is 4.74 Å². The maximum atomic E-state index is 11.9. The third-order valence-electron chi connectivity index (χ3n) is 3.88. The lowest BCUT2D eigenvalue weighted by Gasteiger charge is -2.23. The summed E-state index contributed by atoms with van der Waals surface area (Å²) in [6.45, 7) is 7.96. The summed E-state index contributed by atoms with van der Waals surface area (Å²) in [7, 11) is 3.69. The fourth-order valence-electron chi connectivity index (χ4n) is 2.80. The molecule has 1 aliphatic rings. The van der Waals surface area contributed by atoms with Crippen LogP contribution in [0.3, 0.4) is 0 Å². The standard InChI is InChI=1S/C17H30N6O2.HI/c1-17(2,3)25-16(24)21-14-7-9-23(12-14)15(18-4)19-8-6-13-10-20-22(5)11-13;/h10-11,14H,6-9,12H2,1-5H3,(H,18,19)(H,21,24);1H. The first-order chi connectivity index (χ1) is 11.8. The number of carbonyl (C=O) groups excluding carboxylic acids is 1. The molecule has 26 heavy (non-hydrogen) atoms. The van der Waals surface area contributed by atoms with Crippen molar-refractivity contribution in [3.8, 4) is 0 Å². The van der Waals surface area contributed by atoms with Crippen molar-refractivity contribution in [3.05, 3.63) is 18.0 Å². The van der Waals surface area contributed by atoms with Crippen molar-refractivity contribution >= 4 is 36.0 Å². The van der Waals surface area contributed by atoms with Gasteiger partial charge in [0.2, 0.25) is 0 Å². The zero-order valence-corrected chi connectivity index (χ0v) is 18.6. The molecule has 0 aliphatic carbocycles. The molecular formula is C17H31IN6O2. The van der Waals surface area contributed by atoms with E-state index in [0.29, 0.717) is 0 Å². The minimum Gasteiger partial charge on any atom is -0.444 e. The second-order valence-corrected chi connectivity index (χ2v) is 7.32. The van der Waals surface area contributed by atoms with Crippen LogP contribution in [0.15, 0.2) is 17.4 Å². The number of rotatable bonds is 4. The zero-order chi connectivity index (χ0) is 18.4. The first-order valence-corrected chi connectivity index (χ1v) is 8.69. The van der Waals surface area contributed by atoms with Crippen LogP contribution in [0.2, 0.25) is 0 Å². The molecule has 0 saturated carbocycles. The largest absolute Gasteiger partial charge is 0.444 e. The molecule has 0 radical (unpaired) electrons. The summed E-state index contributed by atoms with van der Waals surface area (Å²) in [5.41, 5.74) is 0.711. The van der Waals surface area contributed by atoms with E-state index in [1.165, 1.54) is 5.56 Å². The molecule has 1 aromatic rings. The number of aliphatic imine (C=N–C) groups is 1. The number of likely N-dealkylation sites (tertiary alicyclic amines) is 1. The maximum absolute atomic E-state index is 11.9. The summed E-state index contributed by atoms with van der Waals surface area (Å²) in [5.74, 6) is 0.859. The molecular weight excluding hydrogens is 447 g/mol. The third-order valence-corrected chi connectivity index (χ3v) is 3.88. The molecule has 1 saturated heterocycles. The Morgan fingerprint density at radius 2 is 2.19 bits per heavy atom. The average Bonchev–Trinajstić information content (AvgIpc) is 3.11. The molecule has 8 nitrogen and oxygen atoms in total. The van der Waals surface area contributed by atoms with Crippen molar-refractivity contribution in [1.29, 1.82) is 0 Å². The lowest BCUT2D eigenvalue weighted by Crippen LogP contribution is -2.44. The molecule has 9 heteroatoms. The van der Waals surface area contributed by atoms with Crippen LogP contribution in [0.1, 0.15) is 32.8 Å². The SMILES string of the molecule is CN=C(NCCc1cnn(C)c1)N1CCC(NC(=O)OC(C)(C)C)C1.I. The second-order valence-electron chi connectivity index (χ2n) is 7.32. The van der Waals surface area contributed by atoms with Gasteiger partial charge in [-0.05, 0) is 39.2 Å². The van der Waals surface area contributed by atoms with Crippen molar-refractivity contribution in [2.45, 2.75) is 45.3 Å². The highest BCUT2D eigenvalue weighted by Crippen LogP contribution is 2.12. The van der Waals surface area contributed by atoms with Gasteiger partial charge in [-0.15, -0.1) is 24.0 Å². The van der Waals surface area contributed by atoms with Crippen LogP contribution in [-0.4, -0.2) is 65.1 Å². The Morgan fingerprint density at radius 3 is 2.77 bits per heavy atom. The lowest BCUT2D eigenvalue weighted by atomic mass is 10.2. The smallest absolute Gasteiger partial charge is 0.407 e. The molecule has 1 unspecified atom stereocenters. The molecule has 1 aliphatic heterocycles. The third kappa shape index (κ3) is 7.38. The number of ether oxygens (including phenoxy) is 1. The summed E-state index contributed by atoms with van der Waals surface area (Å²) < 4.78 is 7.12. The van der Waals surface area contributed by atoms with Gasteiger partial charge in [-0.1, -0.05) is 0 Å². The number of nitrogens with zero attached hydrogens (tertiary/aromatic N) is 4. The Hall–Kier alpha value is -1.52. The van der Waals surface area contributed by atoms with Crippen LogP contribution < -0.4 is 10.6 Å². The molecule has 0 bridgehead atoms. The van der Waals surface area contributed by atoms with Gasteiger partial charge in [-0.3, -0.25) is 9.67 Å². The predicted octanol–water partition coefficient (Wildman–Crippen LogP) is 1.75. The van der Waals surface area contributed by atoms with Crippen molar-refractivity contribution in [3.63, 3.8) is 0 Å². The Morgan fingerprint density at radius 1 is 1.46 bits per heavy atom. The van der Waals surface area contributed by atoms with E-state index in [9.17, 15) is 4.79 Å². The maximum Gasteiger partial charge on any atom is 0.407 e. The summed E-state index contributed by atoms with van der Waals surface area (Å²) in [6.07, 6.45) is 5.30. The highest BCUT2D eigenvalue weighted by molar-refractivity contribution is 14.0. The number of aryl methyl sites for hydroxylation is 1. The monoisotopic (exact) mass is 478 g/mol. The molecule has 148 valence electrons. The summed E-state index contributed by atoms with van der Waals surface area (Å²) >= 11 is 0. The number of hydrogen-bond acceptors (Lipinski definition) is 4. The second kappa shape index (κ2) is 9.98. The van der Waals surface area contributed by atoms with E-state index in [1.54, 1.807) is 11.7 Å². The number of alkyl carbamates (subject to hydrolysis) is 1. The summed E-state index contributed by atoms with van der Waals surface area (Å²) in [5, 5.41) is 10.5. The Balaban J connectivity index is 0.00000338. The minimum absolute atomic E-state index is 0. The van der Waals surface area contributed by atoms with Crippen molar-refractivity contribution in [2.24, 2.45) is 12.0 Å². The van der Waals surface area contributed by atoms with Crippen LogP contribution in [0, 0.1) is 0 Å². The molecule has 0 spiro atoms. The molecule has 0 aromatic carbocycles. The molecule has 1 atom stereocenters. The molecule has 1 fully saturated rings. The Kier molecular flexibility index (Phi) is 8.65. The molecule has 1 aromatic heterocycles. The Bertz CT molecular complexity index is 611. The quantitative estimate of drug-likeness (QED) is 0.392. The summed E-state index contributed by atoms with van der Waals surface area (Å²) in [6, 6.07) is 0.0757. The van der Waals surface area contributed by atoms with Crippen LogP contribution in [0.5, 0.6) is 0 Å². The van der Waals surface area contributed by atoms with E-state index < -0.39 is 5.60 Å². The predicted molar refractivity (Wildman–Crippen MR) is 113 cm³/mol. The van der Waals surface area contributed by atoms with Crippen LogP contribution in [-0.2, 0) is 18.2 Å².